The predicted octanol–water partition coefficient (Wildman–Crippen LogP) is 1.33. The van der Waals surface area contributed by atoms with Gasteiger partial charge in [0.25, 0.3) is 0 Å². The fraction of sp³-hybridized carbons (Fsp3) is 0.500. The van der Waals surface area contributed by atoms with Crippen molar-refractivity contribution in [3.8, 4) is 5.75 Å². The first-order valence-electron chi connectivity index (χ1n) is 5.27. The van der Waals surface area contributed by atoms with Gasteiger partial charge in [-0.1, -0.05) is 19.1 Å². The van der Waals surface area contributed by atoms with Gasteiger partial charge in [-0.05, 0) is 42.6 Å². The second kappa shape index (κ2) is 5.73. The van der Waals surface area contributed by atoms with Crippen molar-refractivity contribution in [2.45, 2.75) is 12.8 Å². The highest BCUT2D eigenvalue weighted by Crippen LogP contribution is 2.24. The lowest BCUT2D eigenvalue weighted by molar-refractivity contribution is 0.413. The summed E-state index contributed by atoms with van der Waals surface area (Å²) in [6.07, 6.45) is 0. The second-order valence-corrected chi connectivity index (χ2v) is 3.79. The molecule has 1 rings (SSSR count). The van der Waals surface area contributed by atoms with Crippen LogP contribution >= 0.6 is 0 Å². The molecule has 3 heteroatoms. The van der Waals surface area contributed by atoms with Gasteiger partial charge >= 0.3 is 0 Å². The third-order valence-electron chi connectivity index (χ3n) is 2.95. The Morgan fingerprint density at radius 3 is 2.07 bits per heavy atom. The lowest BCUT2D eigenvalue weighted by Crippen LogP contribution is -2.27. The van der Waals surface area contributed by atoms with E-state index in [9.17, 15) is 0 Å². The van der Waals surface area contributed by atoms with Gasteiger partial charge in [0.2, 0.25) is 0 Å². The van der Waals surface area contributed by atoms with Crippen LogP contribution < -0.4 is 16.2 Å². The number of ether oxygens (including phenoxy) is 1. The monoisotopic (exact) mass is 208 g/mol. The molecule has 0 heterocycles. The van der Waals surface area contributed by atoms with E-state index in [1.807, 2.05) is 12.1 Å². The van der Waals surface area contributed by atoms with Crippen LogP contribution in [-0.2, 0) is 0 Å². The average molecular weight is 208 g/mol. The standard InChI is InChI=1S/C12H20N2O/c1-9(11(7-13)8-14)10-3-5-12(15-2)6-4-10/h3-6,9,11H,7-8,13-14H2,1-2H3. The van der Waals surface area contributed by atoms with E-state index < -0.39 is 0 Å². The maximum absolute atomic E-state index is 5.67. The van der Waals surface area contributed by atoms with Gasteiger partial charge in [0, 0.05) is 0 Å². The molecule has 0 fully saturated rings. The van der Waals surface area contributed by atoms with Crippen molar-refractivity contribution in [2.75, 3.05) is 20.2 Å². The molecule has 0 radical (unpaired) electrons. The van der Waals surface area contributed by atoms with Crippen LogP contribution in [0.4, 0.5) is 0 Å². The summed E-state index contributed by atoms with van der Waals surface area (Å²) in [7, 11) is 1.67. The van der Waals surface area contributed by atoms with E-state index in [-0.39, 0.29) is 0 Å². The molecule has 0 aromatic heterocycles. The van der Waals surface area contributed by atoms with Gasteiger partial charge in [0.05, 0.1) is 7.11 Å². The van der Waals surface area contributed by atoms with Crippen molar-refractivity contribution >= 4 is 0 Å². The lowest BCUT2D eigenvalue weighted by atomic mass is 9.88. The molecule has 84 valence electrons. The topological polar surface area (TPSA) is 61.3 Å². The van der Waals surface area contributed by atoms with Gasteiger partial charge in [-0.15, -0.1) is 0 Å². The number of rotatable bonds is 5. The van der Waals surface area contributed by atoms with Crippen molar-refractivity contribution in [1.82, 2.24) is 0 Å². The molecule has 0 aliphatic heterocycles. The van der Waals surface area contributed by atoms with Crippen molar-refractivity contribution < 1.29 is 4.74 Å². The molecular weight excluding hydrogens is 188 g/mol. The van der Waals surface area contributed by atoms with Crippen LogP contribution in [0.1, 0.15) is 18.4 Å². The Morgan fingerprint density at radius 1 is 1.13 bits per heavy atom. The quantitative estimate of drug-likeness (QED) is 0.767. The molecule has 0 spiro atoms. The third kappa shape index (κ3) is 2.94. The van der Waals surface area contributed by atoms with E-state index in [0.717, 1.165) is 5.75 Å². The Balaban J connectivity index is 2.76. The zero-order valence-electron chi connectivity index (χ0n) is 9.44. The minimum Gasteiger partial charge on any atom is -0.497 e. The molecule has 15 heavy (non-hydrogen) atoms. The summed E-state index contributed by atoms with van der Waals surface area (Å²) in [5.41, 5.74) is 12.6. The largest absolute Gasteiger partial charge is 0.497 e. The van der Waals surface area contributed by atoms with E-state index >= 15 is 0 Å². The SMILES string of the molecule is COc1ccc(C(C)C(CN)CN)cc1. The van der Waals surface area contributed by atoms with E-state index in [0.29, 0.717) is 24.9 Å². The van der Waals surface area contributed by atoms with Gasteiger partial charge in [0.15, 0.2) is 0 Å². The molecule has 1 aromatic carbocycles. The Hall–Kier alpha value is -1.06. The summed E-state index contributed by atoms with van der Waals surface area (Å²) in [5, 5.41) is 0. The molecule has 1 unspecified atom stereocenters. The van der Waals surface area contributed by atoms with Crippen molar-refractivity contribution in [2.24, 2.45) is 17.4 Å². The molecule has 1 atom stereocenters. The highest BCUT2D eigenvalue weighted by molar-refractivity contribution is 5.29. The summed E-state index contributed by atoms with van der Waals surface area (Å²) >= 11 is 0. The molecule has 1 aromatic rings. The van der Waals surface area contributed by atoms with Crippen molar-refractivity contribution in [3.05, 3.63) is 29.8 Å². The zero-order chi connectivity index (χ0) is 11.3. The van der Waals surface area contributed by atoms with Gasteiger partial charge in [-0.2, -0.15) is 0 Å². The number of benzene rings is 1. The molecule has 0 saturated heterocycles. The average Bonchev–Trinajstić information content (AvgIpc) is 2.30. The number of methoxy groups -OCH3 is 1. The first-order valence-corrected chi connectivity index (χ1v) is 5.27. The molecule has 0 aliphatic rings. The van der Waals surface area contributed by atoms with Crippen molar-refractivity contribution in [1.29, 1.82) is 0 Å². The van der Waals surface area contributed by atoms with Crippen LogP contribution in [0.25, 0.3) is 0 Å². The van der Waals surface area contributed by atoms with Gasteiger partial charge in [-0.3, -0.25) is 0 Å². The Kier molecular flexibility index (Phi) is 4.59. The van der Waals surface area contributed by atoms with Gasteiger partial charge in [-0.25, -0.2) is 0 Å². The number of nitrogens with two attached hydrogens (primary N) is 2. The zero-order valence-corrected chi connectivity index (χ0v) is 9.44. The Bertz CT molecular complexity index is 280. The van der Waals surface area contributed by atoms with Gasteiger partial charge < -0.3 is 16.2 Å². The Labute approximate surface area is 91.4 Å². The number of hydrogen-bond donors (Lipinski definition) is 2. The highest BCUT2D eigenvalue weighted by atomic mass is 16.5. The smallest absolute Gasteiger partial charge is 0.118 e. The highest BCUT2D eigenvalue weighted by Gasteiger charge is 2.15. The molecule has 0 aliphatic carbocycles. The summed E-state index contributed by atoms with van der Waals surface area (Å²) < 4.78 is 5.11. The normalized spacial score (nSPS) is 12.9. The predicted molar refractivity (Wildman–Crippen MR) is 63.0 cm³/mol. The summed E-state index contributed by atoms with van der Waals surface area (Å²) in [6, 6.07) is 8.08. The summed E-state index contributed by atoms with van der Waals surface area (Å²) in [5.74, 6) is 1.62. The first-order chi connectivity index (χ1) is 7.22. The fourth-order valence-corrected chi connectivity index (χ4v) is 1.68. The Morgan fingerprint density at radius 2 is 1.67 bits per heavy atom. The number of hydrogen-bond acceptors (Lipinski definition) is 3. The molecule has 0 saturated carbocycles. The second-order valence-electron chi connectivity index (χ2n) is 3.79. The van der Waals surface area contributed by atoms with Crippen LogP contribution in [0.2, 0.25) is 0 Å². The maximum atomic E-state index is 5.67. The maximum Gasteiger partial charge on any atom is 0.118 e. The van der Waals surface area contributed by atoms with E-state index in [1.54, 1.807) is 7.11 Å². The van der Waals surface area contributed by atoms with Crippen LogP contribution in [0.5, 0.6) is 5.75 Å². The minimum absolute atomic E-state index is 0.346. The van der Waals surface area contributed by atoms with E-state index in [1.165, 1.54) is 5.56 Å². The minimum atomic E-state index is 0.346. The molecule has 3 nitrogen and oxygen atoms in total. The van der Waals surface area contributed by atoms with Crippen LogP contribution in [0.3, 0.4) is 0 Å². The fourth-order valence-electron chi connectivity index (χ4n) is 1.68. The molecular formula is C12H20N2O. The van der Waals surface area contributed by atoms with Gasteiger partial charge in [0.1, 0.15) is 5.75 Å². The molecule has 4 N–H and O–H groups in total. The lowest BCUT2D eigenvalue weighted by Gasteiger charge is -2.21. The summed E-state index contributed by atoms with van der Waals surface area (Å²) in [6.45, 7) is 3.42. The summed E-state index contributed by atoms with van der Waals surface area (Å²) in [4.78, 5) is 0. The molecule has 0 bridgehead atoms. The van der Waals surface area contributed by atoms with Crippen LogP contribution in [0.15, 0.2) is 24.3 Å². The van der Waals surface area contributed by atoms with E-state index in [4.69, 9.17) is 16.2 Å². The molecule has 0 amide bonds. The third-order valence-corrected chi connectivity index (χ3v) is 2.95. The van der Waals surface area contributed by atoms with Crippen molar-refractivity contribution in [3.63, 3.8) is 0 Å². The van der Waals surface area contributed by atoms with E-state index in [2.05, 4.69) is 19.1 Å². The van der Waals surface area contributed by atoms with Crippen LogP contribution in [-0.4, -0.2) is 20.2 Å². The first kappa shape index (κ1) is 12.0. The van der Waals surface area contributed by atoms with Crippen LogP contribution in [0, 0.1) is 5.92 Å².